The molecule has 0 aliphatic carbocycles. The first-order valence-electron chi connectivity index (χ1n) is 9.29. The molecular weight excluding hydrogens is 517 g/mol. The van der Waals surface area contributed by atoms with Crippen LogP contribution in [0.4, 0.5) is 30.6 Å². The van der Waals surface area contributed by atoms with Gasteiger partial charge < -0.3 is 25.7 Å². The van der Waals surface area contributed by atoms with E-state index in [0.717, 1.165) is 12.5 Å². The number of aromatic amines is 1. The maximum atomic E-state index is 13.4. The molecule has 1 atom stereocenters. The maximum absolute atomic E-state index is 13.4. The summed E-state index contributed by atoms with van der Waals surface area (Å²) in [6, 6.07) is 3.49. The van der Waals surface area contributed by atoms with Crippen LogP contribution in [0.25, 0.3) is 10.9 Å². The highest BCUT2D eigenvalue weighted by Gasteiger charge is 2.34. The van der Waals surface area contributed by atoms with Gasteiger partial charge in [-0.2, -0.15) is 18.2 Å². The van der Waals surface area contributed by atoms with Crippen molar-refractivity contribution < 1.29 is 17.9 Å². The zero-order valence-corrected chi connectivity index (χ0v) is 19.1. The predicted octanol–water partition coefficient (Wildman–Crippen LogP) is 3.81. The molecule has 8 nitrogen and oxygen atoms in total. The van der Waals surface area contributed by atoms with Crippen LogP contribution >= 0.6 is 28.3 Å². The van der Waals surface area contributed by atoms with Gasteiger partial charge in [-0.15, -0.1) is 12.4 Å². The van der Waals surface area contributed by atoms with Gasteiger partial charge in [0.05, 0.1) is 22.7 Å². The fourth-order valence-corrected chi connectivity index (χ4v) is 3.85. The zero-order valence-electron chi connectivity index (χ0n) is 16.7. The molecule has 0 bridgehead atoms. The Morgan fingerprint density at radius 1 is 1.34 bits per heavy atom. The highest BCUT2D eigenvalue weighted by atomic mass is 79.9. The summed E-state index contributed by atoms with van der Waals surface area (Å²) in [6.45, 7) is 1.17. The molecule has 1 aliphatic heterocycles. The summed E-state index contributed by atoms with van der Waals surface area (Å²) >= 11 is 3.37. The fraction of sp³-hybridized carbons (Fsp3) is 0.316. The number of H-pyrrole nitrogens is 1. The van der Waals surface area contributed by atoms with Crippen molar-refractivity contribution in [2.45, 2.75) is 18.6 Å². The Morgan fingerprint density at radius 2 is 2.09 bits per heavy atom. The average molecular weight is 536 g/mol. The number of hydrogen-bond acceptors (Lipinski definition) is 7. The Balaban J connectivity index is 0.00000289. The third kappa shape index (κ3) is 4.62. The largest absolute Gasteiger partial charge is 0.496 e. The van der Waals surface area contributed by atoms with Crippen molar-refractivity contribution >= 4 is 56.7 Å². The normalized spacial score (nSPS) is 16.2. The number of methoxy groups -OCH3 is 1. The Hall–Kier alpha value is -2.57. The van der Waals surface area contributed by atoms with Gasteiger partial charge in [0.15, 0.2) is 0 Å². The summed E-state index contributed by atoms with van der Waals surface area (Å²) in [5.74, 6) is 0.109. The van der Waals surface area contributed by atoms with E-state index < -0.39 is 17.3 Å². The molecule has 1 aromatic carbocycles. The SMILES string of the molecule is COc1ccc(Nc2nc(N3CCC(N)C3)nc3c(Br)c[nH]c(=O)c23)cc1C(F)(F)F.Cl. The second kappa shape index (κ2) is 9.12. The number of hydrogen-bond donors (Lipinski definition) is 3. The van der Waals surface area contributed by atoms with Crippen LogP contribution in [-0.4, -0.2) is 41.2 Å². The molecule has 13 heteroatoms. The molecule has 2 aromatic heterocycles. The van der Waals surface area contributed by atoms with Crippen molar-refractivity contribution in [1.82, 2.24) is 15.0 Å². The number of fused-ring (bicyclic) bond motifs is 1. The van der Waals surface area contributed by atoms with Gasteiger partial charge in [-0.1, -0.05) is 0 Å². The van der Waals surface area contributed by atoms with Crippen LogP contribution in [0.5, 0.6) is 5.75 Å². The molecular formula is C19H19BrClF3N6O2. The third-order valence-electron chi connectivity index (χ3n) is 4.96. The van der Waals surface area contributed by atoms with Crippen LogP contribution in [0.15, 0.2) is 33.7 Å². The number of pyridine rings is 1. The van der Waals surface area contributed by atoms with Crippen LogP contribution in [0, 0.1) is 0 Å². The first-order valence-corrected chi connectivity index (χ1v) is 10.1. The molecule has 1 unspecified atom stereocenters. The van der Waals surface area contributed by atoms with Gasteiger partial charge in [-0.3, -0.25) is 4.79 Å². The molecule has 3 aromatic rings. The number of benzene rings is 1. The molecule has 32 heavy (non-hydrogen) atoms. The quantitative estimate of drug-likeness (QED) is 0.466. The second-order valence-electron chi connectivity index (χ2n) is 7.09. The molecule has 0 spiro atoms. The standard InChI is InChI=1S/C19H18BrF3N6O2.ClH/c1-31-13-3-2-10(6-11(13)19(21,22)23)26-16-14-15(12(20)7-25-17(14)30)27-18(28-16)29-5-4-9(24)8-29;/h2-3,6-7,9H,4-5,8,24H2,1H3,(H,25,30)(H,26,27,28);1H. The molecule has 172 valence electrons. The van der Waals surface area contributed by atoms with E-state index in [1.54, 1.807) is 0 Å². The lowest BCUT2D eigenvalue weighted by atomic mass is 10.1. The summed E-state index contributed by atoms with van der Waals surface area (Å²) in [6.07, 6.45) is -2.40. The Morgan fingerprint density at radius 3 is 2.72 bits per heavy atom. The molecule has 0 amide bonds. The summed E-state index contributed by atoms with van der Waals surface area (Å²) in [4.78, 5) is 25.9. The molecule has 4 rings (SSSR count). The number of anilines is 3. The number of halogens is 5. The van der Waals surface area contributed by atoms with Crippen molar-refractivity contribution in [3.63, 3.8) is 0 Å². The third-order valence-corrected chi connectivity index (χ3v) is 5.56. The first-order chi connectivity index (χ1) is 14.7. The lowest BCUT2D eigenvalue weighted by molar-refractivity contribution is -0.138. The summed E-state index contributed by atoms with van der Waals surface area (Å²) in [5, 5.41) is 2.97. The van der Waals surface area contributed by atoms with Crippen molar-refractivity contribution in [3.05, 3.63) is 44.8 Å². The van der Waals surface area contributed by atoms with Gasteiger partial charge in [-0.25, -0.2) is 4.98 Å². The highest BCUT2D eigenvalue weighted by molar-refractivity contribution is 9.10. The first kappa shape index (κ1) is 24.1. The van der Waals surface area contributed by atoms with Crippen LogP contribution in [0.2, 0.25) is 0 Å². The predicted molar refractivity (Wildman–Crippen MR) is 121 cm³/mol. The zero-order chi connectivity index (χ0) is 22.3. The van der Waals surface area contributed by atoms with E-state index >= 15 is 0 Å². The fourth-order valence-electron chi connectivity index (χ4n) is 3.45. The van der Waals surface area contributed by atoms with Crippen LogP contribution in [-0.2, 0) is 6.18 Å². The van der Waals surface area contributed by atoms with Crippen LogP contribution < -0.4 is 26.2 Å². The summed E-state index contributed by atoms with van der Waals surface area (Å²) in [5.41, 5.74) is 4.99. The summed E-state index contributed by atoms with van der Waals surface area (Å²) < 4.78 is 45.6. The molecule has 1 aliphatic rings. The van der Waals surface area contributed by atoms with Gasteiger partial charge in [0, 0.05) is 31.0 Å². The Kier molecular flexibility index (Phi) is 6.86. The number of ether oxygens (including phenoxy) is 1. The van der Waals surface area contributed by atoms with E-state index in [9.17, 15) is 18.0 Å². The van der Waals surface area contributed by atoms with Crippen molar-refractivity contribution in [3.8, 4) is 5.75 Å². The van der Waals surface area contributed by atoms with E-state index in [1.165, 1.54) is 25.4 Å². The number of nitrogens with one attached hydrogen (secondary N) is 2. The van der Waals surface area contributed by atoms with E-state index in [4.69, 9.17) is 10.5 Å². The minimum absolute atomic E-state index is 0. The number of rotatable bonds is 4. The topological polar surface area (TPSA) is 109 Å². The monoisotopic (exact) mass is 534 g/mol. The van der Waals surface area contributed by atoms with Crippen molar-refractivity contribution in [2.75, 3.05) is 30.4 Å². The average Bonchev–Trinajstić information content (AvgIpc) is 3.16. The molecule has 3 heterocycles. The molecule has 0 radical (unpaired) electrons. The molecule has 1 saturated heterocycles. The Labute approximate surface area is 194 Å². The highest BCUT2D eigenvalue weighted by Crippen LogP contribution is 2.38. The lowest BCUT2D eigenvalue weighted by Gasteiger charge is -2.19. The Bertz CT molecular complexity index is 1210. The van der Waals surface area contributed by atoms with Crippen molar-refractivity contribution in [2.24, 2.45) is 5.73 Å². The second-order valence-corrected chi connectivity index (χ2v) is 7.95. The minimum atomic E-state index is -4.62. The van der Waals surface area contributed by atoms with E-state index in [2.05, 4.69) is 36.2 Å². The number of nitrogens with zero attached hydrogens (tertiary/aromatic N) is 3. The molecule has 4 N–H and O–H groups in total. The van der Waals surface area contributed by atoms with Crippen molar-refractivity contribution in [1.29, 1.82) is 0 Å². The summed E-state index contributed by atoms with van der Waals surface area (Å²) in [7, 11) is 1.17. The van der Waals surface area contributed by atoms with E-state index in [1.807, 2.05) is 4.90 Å². The van der Waals surface area contributed by atoms with Crippen LogP contribution in [0.1, 0.15) is 12.0 Å². The van der Waals surface area contributed by atoms with Gasteiger partial charge >= 0.3 is 6.18 Å². The molecule has 1 fully saturated rings. The number of nitrogens with two attached hydrogens (primary N) is 1. The van der Waals surface area contributed by atoms with Gasteiger partial charge in [-0.05, 0) is 40.5 Å². The maximum Gasteiger partial charge on any atom is 0.420 e. The van der Waals surface area contributed by atoms with Gasteiger partial charge in [0.1, 0.15) is 17.0 Å². The lowest BCUT2D eigenvalue weighted by Crippen LogP contribution is -2.28. The van der Waals surface area contributed by atoms with E-state index in [0.29, 0.717) is 29.0 Å². The van der Waals surface area contributed by atoms with E-state index in [-0.39, 0.29) is 41.1 Å². The molecule has 0 saturated carbocycles. The number of alkyl halides is 3. The smallest absolute Gasteiger partial charge is 0.420 e. The minimum Gasteiger partial charge on any atom is -0.496 e. The van der Waals surface area contributed by atoms with Crippen LogP contribution in [0.3, 0.4) is 0 Å². The van der Waals surface area contributed by atoms with Gasteiger partial charge in [0.25, 0.3) is 5.56 Å². The number of aromatic nitrogens is 3. The van der Waals surface area contributed by atoms with Gasteiger partial charge in [0.2, 0.25) is 5.95 Å².